The van der Waals surface area contributed by atoms with E-state index in [1.54, 1.807) is 0 Å². The first kappa shape index (κ1) is 26.7. The van der Waals surface area contributed by atoms with E-state index in [0.717, 1.165) is 12.1 Å². The molecule has 38 heavy (non-hydrogen) atoms. The Kier molecular flexibility index (Phi) is 7.66. The number of amides is 2. The average molecular weight is 537 g/mol. The van der Waals surface area contributed by atoms with Crippen LogP contribution in [0.15, 0.2) is 41.2 Å². The molecule has 12 nitrogen and oxygen atoms in total. The van der Waals surface area contributed by atoms with Gasteiger partial charge in [-0.1, -0.05) is 0 Å². The van der Waals surface area contributed by atoms with Gasteiger partial charge < -0.3 is 34.1 Å². The van der Waals surface area contributed by atoms with E-state index in [1.807, 2.05) is 0 Å². The van der Waals surface area contributed by atoms with Crippen LogP contribution in [0, 0.1) is 0 Å². The van der Waals surface area contributed by atoms with Crippen molar-refractivity contribution in [3.05, 3.63) is 53.8 Å². The third-order valence-corrected chi connectivity index (χ3v) is 5.54. The number of hydrogen-bond acceptors (Lipinski definition) is 10. The lowest BCUT2D eigenvalue weighted by Crippen LogP contribution is -2.59. The summed E-state index contributed by atoms with van der Waals surface area (Å²) in [6.45, 7) is 0.0251. The summed E-state index contributed by atoms with van der Waals surface area (Å²) in [5.41, 5.74) is -2.40. The zero-order chi connectivity index (χ0) is 27.3. The molecule has 0 saturated carbocycles. The molecule has 2 aromatic heterocycles. The van der Waals surface area contributed by atoms with Gasteiger partial charge in [0, 0.05) is 13.0 Å². The second kappa shape index (κ2) is 10.9. The molecule has 3 aromatic rings. The van der Waals surface area contributed by atoms with Crippen molar-refractivity contribution in [3.8, 4) is 23.1 Å². The Bertz CT molecular complexity index is 1290. The summed E-state index contributed by atoms with van der Waals surface area (Å²) >= 11 is 0. The molecule has 0 spiro atoms. The summed E-state index contributed by atoms with van der Waals surface area (Å²) in [6.07, 6.45) is -2.13. The standard InChI is InChI=1S/C23H22F3N5O7/c1-34-13-3-4-16(15(7-13)23(24,25)26)37-14-9-27-18(28-10-14)11-29-21(33)22(5-6-36-12-22)30-20(32)17-8-19(35-2)31-38-17/h3-4,7-10H,5-6,11-12H2,1-2H3,(H,29,33)(H,30,32). The van der Waals surface area contributed by atoms with E-state index in [1.165, 1.54) is 38.7 Å². The molecule has 1 saturated heterocycles. The summed E-state index contributed by atoms with van der Waals surface area (Å²) in [4.78, 5) is 33.6. The first-order chi connectivity index (χ1) is 18.1. The lowest BCUT2D eigenvalue weighted by atomic mass is 9.97. The predicted octanol–water partition coefficient (Wildman–Crippen LogP) is 2.50. The van der Waals surface area contributed by atoms with E-state index in [2.05, 4.69) is 25.8 Å². The van der Waals surface area contributed by atoms with Gasteiger partial charge >= 0.3 is 6.18 Å². The van der Waals surface area contributed by atoms with Crippen molar-refractivity contribution in [1.82, 2.24) is 25.8 Å². The van der Waals surface area contributed by atoms with Crippen LogP contribution in [0.5, 0.6) is 23.1 Å². The van der Waals surface area contributed by atoms with E-state index in [0.29, 0.717) is 0 Å². The van der Waals surface area contributed by atoms with E-state index < -0.39 is 34.8 Å². The Hall–Kier alpha value is -4.40. The topological polar surface area (TPSA) is 147 Å². The van der Waals surface area contributed by atoms with E-state index in [4.69, 9.17) is 23.5 Å². The van der Waals surface area contributed by atoms with Gasteiger partial charge in [-0.3, -0.25) is 9.59 Å². The highest BCUT2D eigenvalue weighted by molar-refractivity contribution is 5.98. The van der Waals surface area contributed by atoms with Crippen molar-refractivity contribution in [2.45, 2.75) is 24.7 Å². The number of rotatable bonds is 9. The molecule has 1 fully saturated rings. The monoisotopic (exact) mass is 537 g/mol. The third-order valence-electron chi connectivity index (χ3n) is 5.54. The van der Waals surface area contributed by atoms with Gasteiger partial charge in [-0.25, -0.2) is 9.97 Å². The summed E-state index contributed by atoms with van der Waals surface area (Å²) in [6, 6.07) is 4.55. The molecule has 202 valence electrons. The molecule has 15 heteroatoms. The Labute approximate surface area is 213 Å². The van der Waals surface area contributed by atoms with E-state index >= 15 is 0 Å². The highest BCUT2D eigenvalue weighted by Gasteiger charge is 2.44. The van der Waals surface area contributed by atoms with Gasteiger partial charge in [-0.2, -0.15) is 13.2 Å². The maximum Gasteiger partial charge on any atom is 0.420 e. The quantitative estimate of drug-likeness (QED) is 0.417. The number of carbonyl (C=O) groups is 2. The fourth-order valence-electron chi connectivity index (χ4n) is 3.53. The fourth-order valence-corrected chi connectivity index (χ4v) is 3.53. The van der Waals surface area contributed by atoms with E-state index in [-0.39, 0.29) is 55.1 Å². The molecule has 2 N–H and O–H groups in total. The number of alkyl halides is 3. The minimum atomic E-state index is -4.68. The number of aromatic nitrogens is 3. The number of carbonyl (C=O) groups excluding carboxylic acids is 2. The first-order valence-electron chi connectivity index (χ1n) is 11.1. The second-order valence-corrected chi connectivity index (χ2v) is 8.05. The second-order valence-electron chi connectivity index (χ2n) is 8.05. The minimum Gasteiger partial charge on any atom is -0.497 e. The Morgan fingerprint density at radius 3 is 2.47 bits per heavy atom. The van der Waals surface area contributed by atoms with Gasteiger partial charge in [0.25, 0.3) is 11.8 Å². The van der Waals surface area contributed by atoms with Gasteiger partial charge in [0.15, 0.2) is 5.75 Å². The number of halogens is 3. The third kappa shape index (κ3) is 5.94. The number of methoxy groups -OCH3 is 2. The van der Waals surface area contributed by atoms with Crippen molar-refractivity contribution in [3.63, 3.8) is 0 Å². The molecule has 0 aliphatic carbocycles. The molecule has 1 unspecified atom stereocenters. The van der Waals surface area contributed by atoms with Crippen molar-refractivity contribution in [2.75, 3.05) is 27.4 Å². The van der Waals surface area contributed by atoms with Crippen LogP contribution < -0.4 is 24.8 Å². The van der Waals surface area contributed by atoms with Gasteiger partial charge in [-0.05, 0) is 23.4 Å². The highest BCUT2D eigenvalue weighted by atomic mass is 19.4. The number of benzene rings is 1. The van der Waals surface area contributed by atoms with Crippen molar-refractivity contribution in [2.24, 2.45) is 0 Å². The number of hydrogen-bond donors (Lipinski definition) is 2. The van der Waals surface area contributed by atoms with Gasteiger partial charge in [0.1, 0.15) is 28.4 Å². The summed E-state index contributed by atoms with van der Waals surface area (Å²) in [5, 5.41) is 8.80. The van der Waals surface area contributed by atoms with Gasteiger partial charge in [0.2, 0.25) is 11.7 Å². The van der Waals surface area contributed by atoms with Crippen molar-refractivity contribution >= 4 is 11.8 Å². The maximum atomic E-state index is 13.4. The number of nitrogens with one attached hydrogen (secondary N) is 2. The van der Waals surface area contributed by atoms with Crippen LogP contribution in [0.4, 0.5) is 13.2 Å². The first-order valence-corrected chi connectivity index (χ1v) is 11.1. The molecule has 0 bridgehead atoms. The lowest BCUT2D eigenvalue weighted by Gasteiger charge is -2.26. The average Bonchev–Trinajstić information content (AvgIpc) is 3.58. The molecule has 1 aliphatic heterocycles. The van der Waals surface area contributed by atoms with Crippen LogP contribution >= 0.6 is 0 Å². The Balaban J connectivity index is 1.39. The molecule has 1 aromatic carbocycles. The molecule has 4 rings (SSSR count). The highest BCUT2D eigenvalue weighted by Crippen LogP contribution is 2.40. The van der Waals surface area contributed by atoms with Crippen LogP contribution in [-0.4, -0.2) is 59.9 Å². The maximum absolute atomic E-state index is 13.4. The predicted molar refractivity (Wildman–Crippen MR) is 121 cm³/mol. The summed E-state index contributed by atoms with van der Waals surface area (Å²) in [7, 11) is 2.61. The smallest absolute Gasteiger partial charge is 0.420 e. The SMILES string of the molecule is COc1ccc(Oc2cnc(CNC(=O)C3(NC(=O)c4cc(OC)no4)CCOC3)nc2)c(C(F)(F)F)c1. The molecule has 1 atom stereocenters. The van der Waals surface area contributed by atoms with Crippen molar-refractivity contribution < 1.29 is 46.2 Å². The van der Waals surface area contributed by atoms with Crippen molar-refractivity contribution in [1.29, 1.82) is 0 Å². The zero-order valence-corrected chi connectivity index (χ0v) is 20.1. The van der Waals surface area contributed by atoms with Crippen LogP contribution in [0.3, 0.4) is 0 Å². The molecular weight excluding hydrogens is 515 g/mol. The van der Waals surface area contributed by atoms with Gasteiger partial charge in [-0.15, -0.1) is 0 Å². The van der Waals surface area contributed by atoms with Crippen LogP contribution in [-0.2, 0) is 22.3 Å². The normalized spacial score (nSPS) is 17.1. The largest absolute Gasteiger partial charge is 0.497 e. The van der Waals surface area contributed by atoms with Crippen LogP contribution in [0.25, 0.3) is 0 Å². The Morgan fingerprint density at radius 2 is 1.87 bits per heavy atom. The molecule has 1 aliphatic rings. The van der Waals surface area contributed by atoms with Crippen LogP contribution in [0.1, 0.15) is 28.4 Å². The molecule has 2 amide bonds. The summed E-state index contributed by atoms with van der Waals surface area (Å²) in [5.74, 6) is -1.61. The number of ether oxygens (including phenoxy) is 4. The molecule has 0 radical (unpaired) electrons. The van der Waals surface area contributed by atoms with E-state index in [9.17, 15) is 22.8 Å². The van der Waals surface area contributed by atoms with Gasteiger partial charge in [0.05, 0.1) is 45.8 Å². The molecular formula is C23H22F3N5O7. The molecule has 3 heterocycles. The number of nitrogens with zero attached hydrogens (tertiary/aromatic N) is 3. The summed E-state index contributed by atoms with van der Waals surface area (Å²) < 4.78 is 65.5. The lowest BCUT2D eigenvalue weighted by molar-refractivity contribution is -0.138. The van der Waals surface area contributed by atoms with Crippen LogP contribution in [0.2, 0.25) is 0 Å². The minimum absolute atomic E-state index is 0.0224. The fraction of sp³-hybridized carbons (Fsp3) is 0.348. The zero-order valence-electron chi connectivity index (χ0n) is 20.1. The Morgan fingerprint density at radius 1 is 1.11 bits per heavy atom.